The number of amides is 2. The highest BCUT2D eigenvalue weighted by Crippen LogP contribution is 2.07. The van der Waals surface area contributed by atoms with E-state index in [1.54, 1.807) is 0 Å². The third kappa shape index (κ3) is 15.5. The van der Waals surface area contributed by atoms with E-state index in [1.165, 1.54) is 4.90 Å². The van der Waals surface area contributed by atoms with Gasteiger partial charge in [-0.15, -0.1) is 0 Å². The summed E-state index contributed by atoms with van der Waals surface area (Å²) in [4.78, 5) is 37.6. The maximum Gasteiger partial charge on any atom is 0.505 e. The van der Waals surface area contributed by atoms with Crippen LogP contribution in [0.1, 0.15) is 57.8 Å². The molecule has 0 aliphatic carbocycles. The lowest BCUT2D eigenvalue weighted by Gasteiger charge is -2.26. The van der Waals surface area contributed by atoms with Crippen molar-refractivity contribution in [3.63, 3.8) is 0 Å². The van der Waals surface area contributed by atoms with Crippen molar-refractivity contribution in [2.75, 3.05) is 39.3 Å². The molecule has 0 radical (unpaired) electrons. The van der Waals surface area contributed by atoms with Gasteiger partial charge in [0.05, 0.1) is 18.6 Å². The molecule has 2 atom stereocenters. The van der Waals surface area contributed by atoms with E-state index >= 15 is 0 Å². The summed E-state index contributed by atoms with van der Waals surface area (Å²) in [5.74, 6) is -0.658. The van der Waals surface area contributed by atoms with Crippen molar-refractivity contribution in [3.05, 3.63) is 0 Å². The molecule has 182 valence electrons. The number of hydrogen-bond acceptors (Lipinski definition) is 8. The average Bonchev–Trinajstić information content (AvgIpc) is 2.73. The number of nitrogens with zero attached hydrogens (tertiary/aromatic N) is 1. The summed E-state index contributed by atoms with van der Waals surface area (Å²) in [6.07, 6.45) is 5.03. The van der Waals surface area contributed by atoms with Gasteiger partial charge in [0, 0.05) is 6.54 Å². The van der Waals surface area contributed by atoms with Gasteiger partial charge in [-0.05, 0) is 58.2 Å². The highest BCUT2D eigenvalue weighted by molar-refractivity contribution is 5.87. The first-order valence-corrected chi connectivity index (χ1v) is 11.1. The third-order valence-corrected chi connectivity index (χ3v) is 4.84. The number of nitrogens with two attached hydrogens (primary N) is 4. The van der Waals surface area contributed by atoms with Crippen molar-refractivity contribution in [1.29, 1.82) is 0 Å². The van der Waals surface area contributed by atoms with E-state index in [2.05, 4.69) is 10.1 Å². The molecule has 0 aliphatic heterocycles. The molecule has 31 heavy (non-hydrogen) atoms. The van der Waals surface area contributed by atoms with Crippen LogP contribution in [0.2, 0.25) is 0 Å². The molecule has 2 amide bonds. The lowest BCUT2D eigenvalue weighted by Crippen LogP contribution is -2.50. The Morgan fingerprint density at radius 2 is 1.45 bits per heavy atom. The molecule has 0 rings (SSSR count). The van der Waals surface area contributed by atoms with E-state index in [0.29, 0.717) is 45.4 Å². The normalized spacial score (nSPS) is 12.8. The first kappa shape index (κ1) is 29.1. The average molecular weight is 447 g/mol. The molecule has 11 nitrogen and oxygen atoms in total. The highest BCUT2D eigenvalue weighted by Gasteiger charge is 2.24. The van der Waals surface area contributed by atoms with Gasteiger partial charge in [-0.1, -0.05) is 19.3 Å². The molecule has 0 aromatic rings. The summed E-state index contributed by atoms with van der Waals surface area (Å²) in [5.41, 5.74) is 22.6. The van der Waals surface area contributed by atoms with Crippen LogP contribution in [0.25, 0.3) is 0 Å². The molecule has 0 aromatic carbocycles. The zero-order valence-electron chi connectivity index (χ0n) is 18.6. The lowest BCUT2D eigenvalue weighted by molar-refractivity contribution is -0.137. The van der Waals surface area contributed by atoms with Gasteiger partial charge in [-0.25, -0.2) is 4.79 Å². The Bertz CT molecular complexity index is 508. The summed E-state index contributed by atoms with van der Waals surface area (Å²) < 4.78 is 4.62. The standard InChI is InChI=1S/C20H42N6O5/c21-10-4-1-7-13-26(19(28)17(24)9-3-6-12-23)14-18(27)25-16(8-2-5-11-22)15-31-20(29)30/h16-17H,1-15,21-24H2,(H,25,27)(H,29,30)/t16-,17-/m0/s1. The van der Waals surface area contributed by atoms with E-state index in [9.17, 15) is 14.4 Å². The van der Waals surface area contributed by atoms with Crippen LogP contribution >= 0.6 is 0 Å². The van der Waals surface area contributed by atoms with Gasteiger partial charge < -0.3 is 43.0 Å². The quantitative estimate of drug-likeness (QED) is 0.114. The van der Waals surface area contributed by atoms with Crippen LogP contribution < -0.4 is 28.3 Å². The van der Waals surface area contributed by atoms with Crippen molar-refractivity contribution in [2.24, 2.45) is 22.9 Å². The zero-order valence-corrected chi connectivity index (χ0v) is 18.6. The van der Waals surface area contributed by atoms with Gasteiger partial charge in [0.15, 0.2) is 0 Å². The predicted octanol–water partition coefficient (Wildman–Crippen LogP) is -0.291. The molecule has 10 N–H and O–H groups in total. The molecule has 0 unspecified atom stereocenters. The molecule has 0 fully saturated rings. The maximum atomic E-state index is 12.8. The van der Waals surface area contributed by atoms with Gasteiger partial charge in [-0.3, -0.25) is 9.59 Å². The summed E-state index contributed by atoms with van der Waals surface area (Å²) in [6.45, 7) is 1.71. The van der Waals surface area contributed by atoms with Crippen LogP contribution in [0, 0.1) is 0 Å². The van der Waals surface area contributed by atoms with Crippen molar-refractivity contribution < 1.29 is 24.2 Å². The van der Waals surface area contributed by atoms with Gasteiger partial charge in [0.2, 0.25) is 11.8 Å². The Balaban J connectivity index is 4.92. The first-order valence-electron chi connectivity index (χ1n) is 11.1. The molecule has 0 spiro atoms. The fourth-order valence-electron chi connectivity index (χ4n) is 3.11. The molecular formula is C20H42N6O5. The highest BCUT2D eigenvalue weighted by atomic mass is 16.7. The number of rotatable bonds is 19. The van der Waals surface area contributed by atoms with E-state index in [0.717, 1.165) is 38.5 Å². The summed E-state index contributed by atoms with van der Waals surface area (Å²) in [5, 5.41) is 11.5. The van der Waals surface area contributed by atoms with E-state index < -0.39 is 18.2 Å². The number of hydrogen-bond donors (Lipinski definition) is 6. The molecule has 0 saturated carbocycles. The predicted molar refractivity (Wildman–Crippen MR) is 119 cm³/mol. The molecule has 0 bridgehead atoms. The Morgan fingerprint density at radius 3 is 2.03 bits per heavy atom. The van der Waals surface area contributed by atoms with Crippen molar-refractivity contribution in [1.82, 2.24) is 10.2 Å². The summed E-state index contributed by atoms with van der Waals surface area (Å²) in [7, 11) is 0. The summed E-state index contributed by atoms with van der Waals surface area (Å²) >= 11 is 0. The van der Waals surface area contributed by atoms with Crippen LogP contribution in [-0.4, -0.2) is 79.4 Å². The van der Waals surface area contributed by atoms with E-state index in [-0.39, 0.29) is 25.0 Å². The van der Waals surface area contributed by atoms with Crippen LogP contribution in [0.4, 0.5) is 4.79 Å². The summed E-state index contributed by atoms with van der Waals surface area (Å²) in [6, 6.07) is -1.17. The molecule has 0 heterocycles. The number of unbranched alkanes of at least 4 members (excludes halogenated alkanes) is 4. The van der Waals surface area contributed by atoms with Crippen LogP contribution in [-0.2, 0) is 14.3 Å². The van der Waals surface area contributed by atoms with Crippen LogP contribution in [0.3, 0.4) is 0 Å². The second-order valence-electron chi connectivity index (χ2n) is 7.63. The number of carboxylic acid groups (broad SMARTS) is 1. The lowest BCUT2D eigenvalue weighted by atomic mass is 10.1. The molecule has 11 heteroatoms. The van der Waals surface area contributed by atoms with Gasteiger partial charge >= 0.3 is 6.16 Å². The molecule has 0 aromatic heterocycles. The number of nitrogens with one attached hydrogen (secondary N) is 1. The van der Waals surface area contributed by atoms with E-state index in [1.807, 2.05) is 0 Å². The fourth-order valence-corrected chi connectivity index (χ4v) is 3.11. The minimum atomic E-state index is -1.40. The van der Waals surface area contributed by atoms with Gasteiger partial charge in [0.25, 0.3) is 0 Å². The minimum absolute atomic E-state index is 0.146. The second-order valence-corrected chi connectivity index (χ2v) is 7.63. The zero-order chi connectivity index (χ0) is 23.5. The van der Waals surface area contributed by atoms with Crippen molar-refractivity contribution in [2.45, 2.75) is 69.9 Å². The maximum absolute atomic E-state index is 12.8. The fraction of sp³-hybridized carbons (Fsp3) is 0.850. The number of carbonyl (C=O) groups is 3. The Hall–Kier alpha value is -1.95. The Labute approximate surface area is 185 Å². The minimum Gasteiger partial charge on any atom is -0.450 e. The van der Waals surface area contributed by atoms with Crippen molar-refractivity contribution >= 4 is 18.0 Å². The second kappa shape index (κ2) is 18.8. The van der Waals surface area contributed by atoms with Crippen molar-refractivity contribution in [3.8, 4) is 0 Å². The number of ether oxygens (including phenoxy) is 1. The molecule has 0 aliphatic rings. The van der Waals surface area contributed by atoms with Gasteiger partial charge in [0.1, 0.15) is 6.61 Å². The molecule has 0 saturated heterocycles. The Morgan fingerprint density at radius 1 is 0.871 bits per heavy atom. The van der Waals surface area contributed by atoms with E-state index in [4.69, 9.17) is 28.0 Å². The largest absolute Gasteiger partial charge is 0.505 e. The van der Waals surface area contributed by atoms with Gasteiger partial charge in [-0.2, -0.15) is 0 Å². The Kier molecular flexibility index (Phi) is 17.6. The SMILES string of the molecule is NCCCCCN(CC(=O)N[C@@H](CCCCN)COC(=O)O)C(=O)[C@@H](N)CCCCN. The van der Waals surface area contributed by atoms with Crippen LogP contribution in [0.5, 0.6) is 0 Å². The number of carbonyl (C=O) groups excluding carboxylic acids is 2. The molecular weight excluding hydrogens is 404 g/mol. The smallest absolute Gasteiger partial charge is 0.450 e. The topological polar surface area (TPSA) is 200 Å². The third-order valence-electron chi connectivity index (χ3n) is 4.84. The first-order chi connectivity index (χ1) is 14.8. The monoisotopic (exact) mass is 446 g/mol. The van der Waals surface area contributed by atoms with Crippen LogP contribution in [0.15, 0.2) is 0 Å².